The van der Waals surface area contributed by atoms with Crippen LogP contribution < -0.4 is 9.47 Å². The number of phenolic OH excluding ortho intramolecular Hbond substituents is 1. The van der Waals surface area contributed by atoms with E-state index in [0.29, 0.717) is 17.1 Å². The van der Waals surface area contributed by atoms with E-state index >= 15 is 0 Å². The van der Waals surface area contributed by atoms with Gasteiger partial charge in [0.05, 0.1) is 14.2 Å². The number of carbonyl (C=O) groups is 1. The number of methoxy groups -OCH3 is 2. The van der Waals surface area contributed by atoms with Crippen molar-refractivity contribution in [3.05, 3.63) is 23.8 Å². The van der Waals surface area contributed by atoms with Crippen LogP contribution in [-0.2, 0) is 4.79 Å². The lowest BCUT2D eigenvalue weighted by atomic mass is 10.1. The van der Waals surface area contributed by atoms with Crippen molar-refractivity contribution in [3.8, 4) is 17.2 Å². The Morgan fingerprint density at radius 2 is 1.81 bits per heavy atom. The number of phenols is 1. The van der Waals surface area contributed by atoms with Crippen molar-refractivity contribution in [2.24, 2.45) is 0 Å². The maximum Gasteiger partial charge on any atom is 0.328 e. The van der Waals surface area contributed by atoms with Crippen molar-refractivity contribution >= 4 is 12.0 Å². The molecule has 0 aliphatic carbocycles. The second-order valence-electron chi connectivity index (χ2n) is 2.94. The first-order chi connectivity index (χ1) is 7.58. The first-order valence-corrected chi connectivity index (χ1v) is 4.44. The molecule has 86 valence electrons. The molecule has 0 radical (unpaired) electrons. The summed E-state index contributed by atoms with van der Waals surface area (Å²) < 4.78 is 9.99. The summed E-state index contributed by atoms with van der Waals surface area (Å²) in [4.78, 5) is 10.3. The van der Waals surface area contributed by atoms with Gasteiger partial charge in [0.1, 0.15) is 5.75 Å². The normalized spacial score (nSPS) is 10.4. The van der Waals surface area contributed by atoms with Crippen LogP contribution in [0.15, 0.2) is 18.2 Å². The molecule has 0 fully saturated rings. The topological polar surface area (TPSA) is 76.0 Å². The average molecular weight is 224 g/mol. The van der Waals surface area contributed by atoms with Gasteiger partial charge in [0.2, 0.25) is 0 Å². The number of benzene rings is 1. The molecule has 0 bridgehead atoms. The fraction of sp³-hybridized carbons (Fsp3) is 0.182. The van der Waals surface area contributed by atoms with E-state index < -0.39 is 5.97 Å². The van der Waals surface area contributed by atoms with Crippen molar-refractivity contribution in [1.29, 1.82) is 0 Å². The lowest BCUT2D eigenvalue weighted by Crippen LogP contribution is -1.92. The maximum absolute atomic E-state index is 10.3. The number of aliphatic carboxylic acids is 1. The Morgan fingerprint density at radius 3 is 2.31 bits per heavy atom. The minimum atomic E-state index is -1.09. The van der Waals surface area contributed by atoms with Gasteiger partial charge in [-0.05, 0) is 12.1 Å². The second kappa shape index (κ2) is 5.06. The SMILES string of the molecule is COc1cc(O)c(/C=C/C(=O)O)cc1OC. The molecule has 0 amide bonds. The van der Waals surface area contributed by atoms with E-state index in [4.69, 9.17) is 14.6 Å². The van der Waals surface area contributed by atoms with Crippen LogP contribution in [0.2, 0.25) is 0 Å². The third kappa shape index (κ3) is 2.66. The molecule has 0 aromatic heterocycles. The summed E-state index contributed by atoms with van der Waals surface area (Å²) in [6, 6.07) is 2.86. The number of carboxylic acids is 1. The van der Waals surface area contributed by atoms with Gasteiger partial charge in [0, 0.05) is 17.7 Å². The molecule has 2 N–H and O–H groups in total. The summed E-state index contributed by atoms with van der Waals surface area (Å²) in [5, 5.41) is 18.0. The Balaban J connectivity index is 3.16. The number of hydrogen-bond acceptors (Lipinski definition) is 4. The number of hydrogen-bond donors (Lipinski definition) is 2. The molecule has 5 nitrogen and oxygen atoms in total. The van der Waals surface area contributed by atoms with Crippen LogP contribution in [0.4, 0.5) is 0 Å². The van der Waals surface area contributed by atoms with Crippen LogP contribution >= 0.6 is 0 Å². The van der Waals surface area contributed by atoms with Gasteiger partial charge in [-0.3, -0.25) is 0 Å². The third-order valence-corrected chi connectivity index (χ3v) is 1.94. The summed E-state index contributed by atoms with van der Waals surface area (Å²) in [6.07, 6.45) is 2.21. The number of ether oxygens (including phenoxy) is 2. The van der Waals surface area contributed by atoms with E-state index in [1.54, 1.807) is 0 Å². The van der Waals surface area contributed by atoms with E-state index in [2.05, 4.69) is 0 Å². The summed E-state index contributed by atoms with van der Waals surface area (Å²) in [7, 11) is 2.91. The molecular weight excluding hydrogens is 212 g/mol. The van der Waals surface area contributed by atoms with Crippen LogP contribution in [-0.4, -0.2) is 30.4 Å². The molecule has 0 atom stereocenters. The van der Waals surface area contributed by atoms with E-state index in [1.165, 1.54) is 32.4 Å². The molecule has 5 heteroatoms. The van der Waals surface area contributed by atoms with Crippen molar-refractivity contribution in [3.63, 3.8) is 0 Å². The Labute approximate surface area is 92.5 Å². The van der Waals surface area contributed by atoms with Gasteiger partial charge < -0.3 is 19.7 Å². The predicted octanol–water partition coefficient (Wildman–Crippen LogP) is 1.51. The van der Waals surface area contributed by atoms with Gasteiger partial charge in [0.25, 0.3) is 0 Å². The minimum Gasteiger partial charge on any atom is -0.507 e. The van der Waals surface area contributed by atoms with Crippen molar-refractivity contribution in [2.45, 2.75) is 0 Å². The molecule has 1 aromatic carbocycles. The summed E-state index contributed by atoms with van der Waals surface area (Å²) in [5.41, 5.74) is 0.347. The molecule has 0 saturated carbocycles. The molecule has 0 aliphatic rings. The molecule has 0 heterocycles. The van der Waals surface area contributed by atoms with Crippen LogP contribution in [0.5, 0.6) is 17.2 Å². The van der Waals surface area contributed by atoms with Crippen LogP contribution in [0.25, 0.3) is 6.08 Å². The lowest BCUT2D eigenvalue weighted by Gasteiger charge is -2.09. The predicted molar refractivity (Wildman–Crippen MR) is 57.9 cm³/mol. The Kier molecular flexibility index (Phi) is 3.77. The quantitative estimate of drug-likeness (QED) is 0.758. The molecule has 16 heavy (non-hydrogen) atoms. The highest BCUT2D eigenvalue weighted by Crippen LogP contribution is 2.34. The monoisotopic (exact) mass is 224 g/mol. The zero-order chi connectivity index (χ0) is 12.1. The fourth-order valence-corrected chi connectivity index (χ4v) is 1.18. The van der Waals surface area contributed by atoms with Gasteiger partial charge in [-0.15, -0.1) is 0 Å². The molecule has 0 spiro atoms. The molecular formula is C11H12O5. The van der Waals surface area contributed by atoms with E-state index in [0.717, 1.165) is 6.08 Å². The summed E-state index contributed by atoms with van der Waals surface area (Å²) in [6.45, 7) is 0. The molecule has 1 rings (SSSR count). The minimum absolute atomic E-state index is 0.0739. The second-order valence-corrected chi connectivity index (χ2v) is 2.94. The number of rotatable bonds is 4. The fourth-order valence-electron chi connectivity index (χ4n) is 1.18. The van der Waals surface area contributed by atoms with E-state index in [9.17, 15) is 9.90 Å². The number of aromatic hydroxyl groups is 1. The average Bonchev–Trinajstić information content (AvgIpc) is 2.26. The van der Waals surface area contributed by atoms with Crippen molar-refractivity contribution in [2.75, 3.05) is 14.2 Å². The standard InChI is InChI=1S/C11H12O5/c1-15-9-5-7(3-4-11(13)14)8(12)6-10(9)16-2/h3-6,12H,1-2H3,(H,13,14)/b4-3+. The van der Waals surface area contributed by atoms with Crippen LogP contribution in [0.3, 0.4) is 0 Å². The smallest absolute Gasteiger partial charge is 0.328 e. The molecule has 0 unspecified atom stereocenters. The highest BCUT2D eigenvalue weighted by Gasteiger charge is 2.08. The van der Waals surface area contributed by atoms with Crippen LogP contribution in [0.1, 0.15) is 5.56 Å². The Morgan fingerprint density at radius 1 is 1.25 bits per heavy atom. The lowest BCUT2D eigenvalue weighted by molar-refractivity contribution is -0.131. The summed E-state index contributed by atoms with van der Waals surface area (Å²) in [5.74, 6) is -0.359. The first kappa shape index (κ1) is 11.9. The van der Waals surface area contributed by atoms with Gasteiger partial charge in [0.15, 0.2) is 11.5 Å². The largest absolute Gasteiger partial charge is 0.507 e. The zero-order valence-corrected chi connectivity index (χ0v) is 8.93. The van der Waals surface area contributed by atoms with E-state index in [-0.39, 0.29) is 5.75 Å². The molecule has 0 aliphatic heterocycles. The summed E-state index contributed by atoms with van der Waals surface area (Å²) >= 11 is 0. The number of carboxylic acid groups (broad SMARTS) is 1. The van der Waals surface area contributed by atoms with E-state index in [1.807, 2.05) is 0 Å². The van der Waals surface area contributed by atoms with Gasteiger partial charge >= 0.3 is 5.97 Å². The highest BCUT2D eigenvalue weighted by atomic mass is 16.5. The zero-order valence-electron chi connectivity index (χ0n) is 8.93. The van der Waals surface area contributed by atoms with Crippen molar-refractivity contribution < 1.29 is 24.5 Å². The van der Waals surface area contributed by atoms with Crippen LogP contribution in [0, 0.1) is 0 Å². The molecule has 0 saturated heterocycles. The maximum atomic E-state index is 10.3. The first-order valence-electron chi connectivity index (χ1n) is 4.44. The van der Waals surface area contributed by atoms with Gasteiger partial charge in [-0.2, -0.15) is 0 Å². The van der Waals surface area contributed by atoms with Gasteiger partial charge in [-0.25, -0.2) is 4.79 Å². The Hall–Kier alpha value is -2.17. The third-order valence-electron chi connectivity index (χ3n) is 1.94. The molecule has 1 aromatic rings. The van der Waals surface area contributed by atoms with Gasteiger partial charge in [-0.1, -0.05) is 0 Å². The van der Waals surface area contributed by atoms with Crippen molar-refractivity contribution in [1.82, 2.24) is 0 Å². The highest BCUT2D eigenvalue weighted by molar-refractivity contribution is 5.86. The Bertz CT molecular complexity index is 423.